The summed E-state index contributed by atoms with van der Waals surface area (Å²) in [5, 5.41) is 9.62. The predicted molar refractivity (Wildman–Crippen MR) is 126 cm³/mol. The van der Waals surface area contributed by atoms with Gasteiger partial charge in [0.15, 0.2) is 5.96 Å². The number of guanidine groups is 1. The molecule has 6 nitrogen and oxygen atoms in total. The monoisotopic (exact) mass is 502 g/mol. The number of ether oxygens (including phenoxy) is 1. The van der Waals surface area contributed by atoms with Crippen LogP contribution in [0.2, 0.25) is 0 Å². The number of rotatable bonds is 8. The summed E-state index contributed by atoms with van der Waals surface area (Å²) in [6, 6.07) is 7.86. The van der Waals surface area contributed by atoms with Gasteiger partial charge in [-0.25, -0.2) is 4.99 Å². The number of anilines is 1. The van der Waals surface area contributed by atoms with Gasteiger partial charge in [-0.3, -0.25) is 4.79 Å². The largest absolute Gasteiger partial charge is 0.373 e. The third-order valence-electron chi connectivity index (χ3n) is 4.50. The number of nitrogens with zero attached hydrogens (tertiary/aromatic N) is 1. The van der Waals surface area contributed by atoms with E-state index in [0.717, 1.165) is 49.7 Å². The Labute approximate surface area is 186 Å². The van der Waals surface area contributed by atoms with Crippen molar-refractivity contribution in [3.8, 4) is 0 Å². The molecule has 1 aliphatic rings. The zero-order valence-electron chi connectivity index (χ0n) is 17.5. The van der Waals surface area contributed by atoms with Crippen LogP contribution in [0, 0.1) is 5.92 Å². The maximum Gasteiger partial charge on any atom is 0.224 e. The molecule has 0 saturated carbocycles. The van der Waals surface area contributed by atoms with Gasteiger partial charge in [0.2, 0.25) is 5.91 Å². The molecule has 1 heterocycles. The number of amides is 1. The van der Waals surface area contributed by atoms with Gasteiger partial charge in [0, 0.05) is 31.8 Å². The maximum atomic E-state index is 12.0. The molecule has 1 unspecified atom stereocenters. The Bertz CT molecular complexity index is 643. The van der Waals surface area contributed by atoms with Crippen LogP contribution in [0.4, 0.5) is 5.69 Å². The first-order valence-electron chi connectivity index (χ1n) is 9.95. The summed E-state index contributed by atoms with van der Waals surface area (Å²) < 4.78 is 5.83. The topological polar surface area (TPSA) is 74.8 Å². The van der Waals surface area contributed by atoms with E-state index in [1.165, 1.54) is 0 Å². The molecule has 0 aliphatic carbocycles. The highest BCUT2D eigenvalue weighted by Crippen LogP contribution is 2.23. The van der Waals surface area contributed by atoms with Crippen LogP contribution in [0.15, 0.2) is 29.3 Å². The number of hydrogen-bond acceptors (Lipinski definition) is 3. The van der Waals surface area contributed by atoms with Gasteiger partial charge in [0.1, 0.15) is 0 Å². The van der Waals surface area contributed by atoms with Gasteiger partial charge in [0.25, 0.3) is 0 Å². The minimum Gasteiger partial charge on any atom is -0.373 e. The quantitative estimate of drug-likeness (QED) is 0.286. The van der Waals surface area contributed by atoms with Crippen LogP contribution in [-0.2, 0) is 16.1 Å². The van der Waals surface area contributed by atoms with E-state index in [4.69, 9.17) is 4.74 Å². The van der Waals surface area contributed by atoms with Crippen molar-refractivity contribution < 1.29 is 9.53 Å². The highest BCUT2D eigenvalue weighted by atomic mass is 127. The third kappa shape index (κ3) is 8.77. The molecule has 3 N–H and O–H groups in total. The molecule has 0 radical (unpaired) electrons. The number of nitrogens with one attached hydrogen (secondary N) is 3. The molecule has 7 heteroatoms. The molecule has 1 amide bonds. The minimum absolute atomic E-state index is 0. The van der Waals surface area contributed by atoms with Crippen LogP contribution >= 0.6 is 24.0 Å². The van der Waals surface area contributed by atoms with Crippen molar-refractivity contribution in [2.24, 2.45) is 10.9 Å². The Morgan fingerprint density at radius 1 is 1.32 bits per heavy atom. The van der Waals surface area contributed by atoms with Crippen LogP contribution < -0.4 is 16.0 Å². The van der Waals surface area contributed by atoms with Crippen molar-refractivity contribution in [3.05, 3.63) is 29.8 Å². The summed E-state index contributed by atoms with van der Waals surface area (Å²) >= 11 is 0. The normalized spacial score (nSPS) is 19.2. The van der Waals surface area contributed by atoms with Crippen molar-refractivity contribution in [1.29, 1.82) is 0 Å². The van der Waals surface area contributed by atoms with Crippen molar-refractivity contribution in [2.45, 2.75) is 59.1 Å². The Morgan fingerprint density at radius 3 is 2.75 bits per heavy atom. The number of carbonyl (C=O) groups excluding carboxylic acids is 1. The van der Waals surface area contributed by atoms with Gasteiger partial charge in [0.05, 0.1) is 12.1 Å². The van der Waals surface area contributed by atoms with E-state index in [2.05, 4.69) is 34.8 Å². The standard InChI is InChI=1S/C21H34N4O2.HI/c1-5-22-20(24-15-21(4)10-7-11-27-21)23-14-17-8-6-9-18(13-17)25-19(26)12-16(2)3;/h6,8-9,13,16H,5,7,10-12,14-15H2,1-4H3,(H,25,26)(H2,22,23,24);1H. The number of carbonyl (C=O) groups is 1. The zero-order valence-corrected chi connectivity index (χ0v) is 19.8. The van der Waals surface area contributed by atoms with E-state index in [1.807, 2.05) is 38.1 Å². The first-order chi connectivity index (χ1) is 12.9. The summed E-state index contributed by atoms with van der Waals surface area (Å²) in [6.07, 6.45) is 2.70. The second-order valence-electron chi connectivity index (χ2n) is 7.80. The van der Waals surface area contributed by atoms with E-state index < -0.39 is 0 Å². The summed E-state index contributed by atoms with van der Waals surface area (Å²) in [5.74, 6) is 1.17. The van der Waals surface area contributed by atoms with E-state index in [0.29, 0.717) is 18.9 Å². The van der Waals surface area contributed by atoms with E-state index in [1.54, 1.807) is 0 Å². The molecule has 0 aromatic heterocycles. The highest BCUT2D eigenvalue weighted by Gasteiger charge is 2.29. The predicted octanol–water partition coefficient (Wildman–Crippen LogP) is 3.91. The van der Waals surface area contributed by atoms with Crippen LogP contribution in [0.25, 0.3) is 0 Å². The van der Waals surface area contributed by atoms with Gasteiger partial charge in [-0.1, -0.05) is 26.0 Å². The fraction of sp³-hybridized carbons (Fsp3) is 0.619. The zero-order chi connectivity index (χ0) is 19.7. The third-order valence-corrected chi connectivity index (χ3v) is 4.50. The maximum absolute atomic E-state index is 12.0. The molecule has 2 rings (SSSR count). The SMILES string of the molecule is CCNC(=NCc1cccc(NC(=O)CC(C)C)c1)NCC1(C)CCCO1.I. The molecular weight excluding hydrogens is 467 g/mol. The van der Waals surface area contributed by atoms with Crippen LogP contribution in [0.3, 0.4) is 0 Å². The van der Waals surface area contributed by atoms with Gasteiger partial charge in [-0.15, -0.1) is 24.0 Å². The van der Waals surface area contributed by atoms with Crippen LogP contribution in [0.5, 0.6) is 0 Å². The van der Waals surface area contributed by atoms with E-state index >= 15 is 0 Å². The fourth-order valence-corrected chi connectivity index (χ4v) is 3.09. The molecule has 0 spiro atoms. The molecule has 1 aliphatic heterocycles. The Morgan fingerprint density at radius 2 is 2.11 bits per heavy atom. The first-order valence-corrected chi connectivity index (χ1v) is 9.95. The lowest BCUT2D eigenvalue weighted by Crippen LogP contribution is -2.45. The van der Waals surface area contributed by atoms with Crippen molar-refractivity contribution in [3.63, 3.8) is 0 Å². The molecule has 1 fully saturated rings. The summed E-state index contributed by atoms with van der Waals surface area (Å²) in [7, 11) is 0. The fourth-order valence-electron chi connectivity index (χ4n) is 3.09. The number of hydrogen-bond donors (Lipinski definition) is 3. The second-order valence-corrected chi connectivity index (χ2v) is 7.80. The molecule has 1 aromatic rings. The molecule has 1 saturated heterocycles. The van der Waals surface area contributed by atoms with Crippen molar-refractivity contribution >= 4 is 41.5 Å². The lowest BCUT2D eigenvalue weighted by Gasteiger charge is -2.24. The summed E-state index contributed by atoms with van der Waals surface area (Å²) in [5.41, 5.74) is 1.76. The molecule has 158 valence electrons. The Balaban J connectivity index is 0.00000392. The molecular formula is C21H35IN4O2. The van der Waals surface area contributed by atoms with Gasteiger partial charge >= 0.3 is 0 Å². The molecule has 1 aromatic carbocycles. The number of aliphatic imine (C=N–C) groups is 1. The number of benzene rings is 1. The Hall–Kier alpha value is -1.35. The van der Waals surface area contributed by atoms with Crippen LogP contribution in [0.1, 0.15) is 52.5 Å². The number of halogens is 1. The van der Waals surface area contributed by atoms with Crippen molar-refractivity contribution in [1.82, 2.24) is 10.6 Å². The lowest BCUT2D eigenvalue weighted by atomic mass is 10.0. The van der Waals surface area contributed by atoms with Crippen LogP contribution in [-0.4, -0.2) is 37.2 Å². The van der Waals surface area contributed by atoms with E-state index in [-0.39, 0.29) is 35.5 Å². The first kappa shape index (κ1) is 24.7. The van der Waals surface area contributed by atoms with Gasteiger partial charge in [-0.2, -0.15) is 0 Å². The average Bonchev–Trinajstić information content (AvgIpc) is 3.04. The minimum atomic E-state index is -0.114. The second kappa shape index (κ2) is 12.3. The Kier molecular flexibility index (Phi) is 10.8. The van der Waals surface area contributed by atoms with E-state index in [9.17, 15) is 4.79 Å². The van der Waals surface area contributed by atoms with Gasteiger partial charge < -0.3 is 20.7 Å². The summed E-state index contributed by atoms with van der Waals surface area (Å²) in [4.78, 5) is 16.6. The smallest absolute Gasteiger partial charge is 0.224 e. The highest BCUT2D eigenvalue weighted by molar-refractivity contribution is 14.0. The summed E-state index contributed by atoms with van der Waals surface area (Å²) in [6.45, 7) is 11.2. The average molecular weight is 502 g/mol. The van der Waals surface area contributed by atoms with Crippen molar-refractivity contribution in [2.75, 3.05) is 25.0 Å². The molecule has 1 atom stereocenters. The van der Waals surface area contributed by atoms with Gasteiger partial charge in [-0.05, 0) is 50.3 Å². The molecule has 0 bridgehead atoms. The lowest BCUT2D eigenvalue weighted by molar-refractivity contribution is -0.116. The molecule has 28 heavy (non-hydrogen) atoms.